The maximum absolute atomic E-state index is 13.1. The van der Waals surface area contributed by atoms with Crippen molar-refractivity contribution in [1.29, 1.82) is 0 Å². The summed E-state index contributed by atoms with van der Waals surface area (Å²) in [6.07, 6.45) is -4.47. The number of aromatic nitrogens is 3. The van der Waals surface area contributed by atoms with E-state index >= 15 is 0 Å². The van der Waals surface area contributed by atoms with E-state index < -0.39 is 22.6 Å². The van der Waals surface area contributed by atoms with E-state index in [0.717, 1.165) is 23.9 Å². The zero-order valence-corrected chi connectivity index (χ0v) is 22.3. The van der Waals surface area contributed by atoms with Crippen molar-refractivity contribution < 1.29 is 22.9 Å². The minimum atomic E-state index is -4.47. The molecule has 0 spiro atoms. The van der Waals surface area contributed by atoms with Crippen LogP contribution < -0.4 is 5.32 Å². The molecule has 0 aliphatic rings. The normalized spacial score (nSPS) is 11.4. The summed E-state index contributed by atoms with van der Waals surface area (Å²) in [5.41, 5.74) is 0.333. The van der Waals surface area contributed by atoms with Gasteiger partial charge in [-0.2, -0.15) is 13.2 Å². The Bertz CT molecular complexity index is 1560. The zero-order chi connectivity index (χ0) is 28.3. The van der Waals surface area contributed by atoms with Gasteiger partial charge in [-0.05, 0) is 42.8 Å². The first-order valence-electron chi connectivity index (χ1n) is 11.2. The highest BCUT2D eigenvalue weighted by Gasteiger charge is 2.30. The number of halogens is 5. The molecule has 1 aromatic heterocycles. The van der Waals surface area contributed by atoms with Gasteiger partial charge < -0.3 is 5.32 Å². The lowest BCUT2D eigenvalue weighted by atomic mass is 10.1. The van der Waals surface area contributed by atoms with Crippen LogP contribution in [-0.2, 0) is 18.5 Å². The van der Waals surface area contributed by atoms with Gasteiger partial charge in [0.15, 0.2) is 11.0 Å². The summed E-state index contributed by atoms with van der Waals surface area (Å²) in [5.74, 6) is -0.114. The maximum Gasteiger partial charge on any atom is 0.416 e. The molecule has 202 valence electrons. The lowest BCUT2D eigenvalue weighted by Crippen LogP contribution is -2.25. The average molecular weight is 596 g/mol. The van der Waals surface area contributed by atoms with Gasteiger partial charge in [0.05, 0.1) is 32.8 Å². The van der Waals surface area contributed by atoms with E-state index in [1.165, 1.54) is 31.2 Å². The van der Waals surface area contributed by atoms with Crippen molar-refractivity contribution in [3.05, 3.63) is 109 Å². The summed E-state index contributed by atoms with van der Waals surface area (Å²) < 4.78 is 41.0. The van der Waals surface area contributed by atoms with Gasteiger partial charge in [-0.25, -0.2) is 0 Å². The van der Waals surface area contributed by atoms with E-state index in [1.54, 1.807) is 28.8 Å². The third kappa shape index (κ3) is 6.52. The van der Waals surface area contributed by atoms with Crippen LogP contribution in [0.4, 0.5) is 18.9 Å². The van der Waals surface area contributed by atoms with Crippen molar-refractivity contribution in [2.75, 3.05) is 0 Å². The SMILES string of the molecule is Cc1c(C(=O)NCc2nnc(SCc3cccc(C(F)(F)F)c3)n2-c2ccc(Cl)c(Cl)c2)cccc1[N+](=O)[O-]. The number of hydrogen-bond acceptors (Lipinski definition) is 6. The van der Waals surface area contributed by atoms with Gasteiger partial charge in [0.25, 0.3) is 11.6 Å². The van der Waals surface area contributed by atoms with Crippen LogP contribution in [0.25, 0.3) is 5.69 Å². The molecule has 1 N–H and O–H groups in total. The van der Waals surface area contributed by atoms with Crippen LogP contribution in [-0.4, -0.2) is 25.6 Å². The molecule has 0 aliphatic heterocycles. The summed E-state index contributed by atoms with van der Waals surface area (Å²) in [7, 11) is 0. The Labute approximate surface area is 234 Å². The first-order chi connectivity index (χ1) is 18.5. The summed E-state index contributed by atoms with van der Waals surface area (Å²) >= 11 is 13.4. The van der Waals surface area contributed by atoms with Crippen LogP contribution >= 0.6 is 35.0 Å². The summed E-state index contributed by atoms with van der Waals surface area (Å²) in [4.78, 5) is 23.5. The number of carbonyl (C=O) groups excluding carboxylic acids is 1. The molecule has 1 heterocycles. The smallest absolute Gasteiger partial charge is 0.345 e. The Morgan fingerprint density at radius 2 is 1.82 bits per heavy atom. The second kappa shape index (κ2) is 11.6. The second-order valence-electron chi connectivity index (χ2n) is 8.21. The van der Waals surface area contributed by atoms with E-state index in [9.17, 15) is 28.1 Å². The van der Waals surface area contributed by atoms with Crippen molar-refractivity contribution in [3.63, 3.8) is 0 Å². The first-order valence-corrected chi connectivity index (χ1v) is 12.9. The topological polar surface area (TPSA) is 103 Å². The molecule has 14 heteroatoms. The fourth-order valence-electron chi connectivity index (χ4n) is 3.70. The fourth-order valence-corrected chi connectivity index (χ4v) is 4.90. The Morgan fingerprint density at radius 3 is 2.51 bits per heavy atom. The number of nitro benzene ring substituents is 1. The number of nitrogens with zero attached hydrogens (tertiary/aromatic N) is 4. The Morgan fingerprint density at radius 1 is 1.08 bits per heavy atom. The van der Waals surface area contributed by atoms with E-state index in [-0.39, 0.29) is 40.0 Å². The number of nitro groups is 1. The lowest BCUT2D eigenvalue weighted by Gasteiger charge is -2.13. The monoisotopic (exact) mass is 595 g/mol. The molecule has 1 amide bonds. The van der Waals surface area contributed by atoms with Gasteiger partial charge in [0, 0.05) is 22.9 Å². The number of carbonyl (C=O) groups is 1. The minimum absolute atomic E-state index is 0.113. The molecule has 4 rings (SSSR count). The number of rotatable bonds is 8. The van der Waals surface area contributed by atoms with Crippen molar-refractivity contribution >= 4 is 46.6 Å². The average Bonchev–Trinajstić information content (AvgIpc) is 3.30. The molecular formula is C25H18Cl2F3N5O3S. The molecule has 3 aromatic carbocycles. The number of alkyl halides is 3. The highest BCUT2D eigenvalue weighted by molar-refractivity contribution is 7.98. The van der Waals surface area contributed by atoms with Gasteiger partial charge in [-0.15, -0.1) is 10.2 Å². The zero-order valence-electron chi connectivity index (χ0n) is 20.0. The largest absolute Gasteiger partial charge is 0.416 e. The molecule has 0 saturated heterocycles. The van der Waals surface area contributed by atoms with E-state index in [2.05, 4.69) is 15.5 Å². The second-order valence-corrected chi connectivity index (χ2v) is 9.97. The molecule has 0 unspecified atom stereocenters. The molecule has 0 bridgehead atoms. The Kier molecular flexibility index (Phi) is 8.48. The molecule has 0 radical (unpaired) electrons. The van der Waals surface area contributed by atoms with Gasteiger partial charge in [-0.1, -0.05) is 59.2 Å². The fraction of sp³-hybridized carbons (Fsp3) is 0.160. The Hall–Kier alpha value is -3.61. The van der Waals surface area contributed by atoms with Crippen molar-refractivity contribution in [3.8, 4) is 5.69 Å². The van der Waals surface area contributed by atoms with Gasteiger partial charge in [-0.3, -0.25) is 19.5 Å². The first kappa shape index (κ1) is 28.4. The van der Waals surface area contributed by atoms with Crippen LogP contribution in [0.3, 0.4) is 0 Å². The number of hydrogen-bond donors (Lipinski definition) is 1. The molecule has 0 fully saturated rings. The van der Waals surface area contributed by atoms with Crippen LogP contribution in [0.5, 0.6) is 0 Å². The van der Waals surface area contributed by atoms with E-state index in [1.807, 2.05) is 0 Å². The molecule has 8 nitrogen and oxygen atoms in total. The minimum Gasteiger partial charge on any atom is -0.345 e. The number of benzene rings is 3. The van der Waals surface area contributed by atoms with Crippen molar-refractivity contribution in [2.45, 2.75) is 30.6 Å². The summed E-state index contributed by atoms with van der Waals surface area (Å²) in [6.45, 7) is 1.37. The van der Waals surface area contributed by atoms with Crippen LogP contribution in [0.15, 0.2) is 65.8 Å². The van der Waals surface area contributed by atoms with Crippen molar-refractivity contribution in [2.24, 2.45) is 0 Å². The lowest BCUT2D eigenvalue weighted by molar-refractivity contribution is -0.385. The van der Waals surface area contributed by atoms with Gasteiger partial charge >= 0.3 is 6.18 Å². The van der Waals surface area contributed by atoms with Crippen LogP contribution in [0.2, 0.25) is 10.0 Å². The third-order valence-corrected chi connectivity index (χ3v) is 7.38. The van der Waals surface area contributed by atoms with Gasteiger partial charge in [0.1, 0.15) is 0 Å². The van der Waals surface area contributed by atoms with Crippen LogP contribution in [0, 0.1) is 17.0 Å². The van der Waals surface area contributed by atoms with Crippen molar-refractivity contribution in [1.82, 2.24) is 20.1 Å². The molecular weight excluding hydrogens is 578 g/mol. The van der Waals surface area contributed by atoms with E-state index in [4.69, 9.17) is 23.2 Å². The Balaban J connectivity index is 1.61. The molecule has 4 aromatic rings. The highest BCUT2D eigenvalue weighted by Crippen LogP contribution is 2.32. The number of thioether (sulfide) groups is 1. The molecule has 0 saturated carbocycles. The number of amides is 1. The third-order valence-electron chi connectivity index (χ3n) is 5.64. The van der Waals surface area contributed by atoms with Gasteiger partial charge in [0.2, 0.25) is 0 Å². The molecule has 39 heavy (non-hydrogen) atoms. The molecule has 0 atom stereocenters. The predicted octanol–water partition coefficient (Wildman–Crippen LogP) is 7.03. The summed E-state index contributed by atoms with van der Waals surface area (Å²) in [5, 5.41) is 23.2. The maximum atomic E-state index is 13.1. The number of nitrogens with one attached hydrogen (secondary N) is 1. The molecule has 0 aliphatic carbocycles. The highest BCUT2D eigenvalue weighted by atomic mass is 35.5. The summed E-state index contributed by atoms with van der Waals surface area (Å²) in [6, 6.07) is 13.9. The quantitative estimate of drug-likeness (QED) is 0.133. The van der Waals surface area contributed by atoms with Crippen LogP contribution in [0.1, 0.15) is 32.9 Å². The predicted molar refractivity (Wildman–Crippen MR) is 141 cm³/mol. The van der Waals surface area contributed by atoms with E-state index in [0.29, 0.717) is 21.4 Å². The standard InChI is InChI=1S/C25H18Cl2F3N5O3S/c1-14-18(6-3-7-21(14)35(37)38)23(36)31-12-22-32-33-24(34(22)17-8-9-19(26)20(27)11-17)39-13-15-4-2-5-16(10-15)25(28,29)30/h2-11H,12-13H2,1H3,(H,31,36).